The maximum Gasteiger partial charge on any atom is 0.151 e. The van der Waals surface area contributed by atoms with Gasteiger partial charge in [0.1, 0.15) is 0 Å². The minimum absolute atomic E-state index is 0.104. The van der Waals surface area contributed by atoms with Crippen LogP contribution in [0.3, 0.4) is 0 Å². The van der Waals surface area contributed by atoms with E-state index in [1.165, 1.54) is 0 Å². The molecule has 0 aromatic carbocycles. The monoisotopic (exact) mass is 270 g/mol. The lowest BCUT2D eigenvalue weighted by Crippen LogP contribution is -2.21. The van der Waals surface area contributed by atoms with Crippen LogP contribution in [0.5, 0.6) is 0 Å². The minimum Gasteiger partial charge on any atom is -0.229 e. The lowest BCUT2D eigenvalue weighted by Gasteiger charge is -2.04. The average Bonchev–Trinajstić information content (AvgIpc) is 2.22. The predicted molar refractivity (Wildman–Crippen MR) is 67.1 cm³/mol. The van der Waals surface area contributed by atoms with Crippen LogP contribution < -0.4 is 0 Å². The Balaban J connectivity index is 4.13. The number of hydrogen-bond donors (Lipinski definition) is 0. The fraction of sp³-hybridized carbons (Fsp3) is 1.00. The Morgan fingerprint density at radius 2 is 0.938 bits per heavy atom. The molecule has 0 saturated heterocycles. The molecule has 0 unspecified atom stereocenters. The molecule has 0 saturated carbocycles. The largest absolute Gasteiger partial charge is 0.229 e. The molecule has 16 heavy (non-hydrogen) atoms. The van der Waals surface area contributed by atoms with E-state index in [2.05, 4.69) is 0 Å². The Hall–Kier alpha value is -0.100. The number of sulfone groups is 2. The summed E-state index contributed by atoms with van der Waals surface area (Å²) in [6.45, 7) is 3.82. The molecule has 0 aliphatic rings. The van der Waals surface area contributed by atoms with Crippen LogP contribution in [0.1, 0.15) is 39.5 Å². The maximum absolute atomic E-state index is 11.4. The van der Waals surface area contributed by atoms with Crippen LogP contribution in [0.25, 0.3) is 0 Å². The second-order valence-electron chi connectivity index (χ2n) is 4.01. The number of unbranched alkanes of at least 4 members (excludes halogenated alkanes) is 2. The van der Waals surface area contributed by atoms with Crippen molar-refractivity contribution in [3.8, 4) is 0 Å². The Morgan fingerprint density at radius 1 is 0.625 bits per heavy atom. The second kappa shape index (κ2) is 7.27. The molecule has 0 atom stereocenters. The molecule has 0 aliphatic carbocycles. The quantitative estimate of drug-likeness (QED) is 0.635. The fourth-order valence-corrected chi connectivity index (χ4v) is 5.08. The van der Waals surface area contributed by atoms with Crippen LogP contribution in [0.2, 0.25) is 0 Å². The van der Waals surface area contributed by atoms with Gasteiger partial charge in [-0.3, -0.25) is 0 Å². The summed E-state index contributed by atoms with van der Waals surface area (Å²) in [7, 11) is -6.36. The molecule has 0 N–H and O–H groups in total. The van der Waals surface area contributed by atoms with Crippen LogP contribution in [0, 0.1) is 0 Å². The average molecular weight is 270 g/mol. The second-order valence-corrected chi connectivity index (χ2v) is 8.62. The van der Waals surface area contributed by atoms with E-state index in [0.717, 1.165) is 12.8 Å². The van der Waals surface area contributed by atoms with Gasteiger partial charge < -0.3 is 0 Å². The van der Waals surface area contributed by atoms with Gasteiger partial charge in [-0.15, -0.1) is 0 Å². The highest BCUT2D eigenvalue weighted by Crippen LogP contribution is 2.02. The molecule has 0 spiro atoms. The van der Waals surface area contributed by atoms with Crippen molar-refractivity contribution in [1.29, 1.82) is 0 Å². The first-order valence-electron chi connectivity index (χ1n) is 5.74. The topological polar surface area (TPSA) is 68.3 Å². The van der Waals surface area contributed by atoms with Gasteiger partial charge in [-0.25, -0.2) is 16.8 Å². The van der Waals surface area contributed by atoms with E-state index in [4.69, 9.17) is 0 Å². The lowest BCUT2D eigenvalue weighted by atomic mass is 10.4. The molecule has 0 rings (SSSR count). The van der Waals surface area contributed by atoms with Crippen LogP contribution in [-0.4, -0.2) is 39.8 Å². The van der Waals surface area contributed by atoms with Crippen molar-refractivity contribution >= 4 is 19.7 Å². The highest BCUT2D eigenvalue weighted by atomic mass is 32.2. The van der Waals surface area contributed by atoms with Gasteiger partial charge in [-0.2, -0.15) is 0 Å². The van der Waals surface area contributed by atoms with Crippen LogP contribution in [0.4, 0.5) is 0 Å². The van der Waals surface area contributed by atoms with Gasteiger partial charge in [0, 0.05) is 0 Å². The summed E-state index contributed by atoms with van der Waals surface area (Å²) < 4.78 is 45.8. The van der Waals surface area contributed by atoms with E-state index < -0.39 is 19.7 Å². The molecule has 4 nitrogen and oxygen atoms in total. The van der Waals surface area contributed by atoms with Crippen molar-refractivity contribution < 1.29 is 16.8 Å². The first-order valence-corrected chi connectivity index (χ1v) is 9.38. The summed E-state index contributed by atoms with van der Waals surface area (Å²) in [6.07, 6.45) is 2.83. The Morgan fingerprint density at radius 3 is 1.19 bits per heavy atom. The zero-order chi connectivity index (χ0) is 12.7. The third-order valence-electron chi connectivity index (χ3n) is 2.32. The Labute approximate surface area is 99.3 Å². The molecule has 0 aromatic heterocycles. The van der Waals surface area contributed by atoms with E-state index in [0.29, 0.717) is 12.8 Å². The molecular formula is C10H22O4S2. The van der Waals surface area contributed by atoms with Gasteiger partial charge in [0.25, 0.3) is 0 Å². The third kappa shape index (κ3) is 8.10. The number of hydrogen-bond acceptors (Lipinski definition) is 4. The van der Waals surface area contributed by atoms with Gasteiger partial charge in [0.15, 0.2) is 19.7 Å². The minimum atomic E-state index is -3.18. The highest BCUT2D eigenvalue weighted by Gasteiger charge is 2.16. The third-order valence-corrected chi connectivity index (χ3v) is 6.06. The lowest BCUT2D eigenvalue weighted by molar-refractivity contribution is 0.584. The van der Waals surface area contributed by atoms with E-state index in [9.17, 15) is 16.8 Å². The number of rotatable bonds is 9. The van der Waals surface area contributed by atoms with Gasteiger partial charge >= 0.3 is 0 Å². The summed E-state index contributed by atoms with van der Waals surface area (Å²) >= 11 is 0. The molecule has 0 amide bonds. The Bertz CT molecular complexity index is 330. The SMILES string of the molecule is CCCCS(=O)(=O)CCS(=O)(=O)CCCC. The summed E-state index contributed by atoms with van der Waals surface area (Å²) in [5, 5.41) is 0. The van der Waals surface area contributed by atoms with Crippen molar-refractivity contribution in [2.24, 2.45) is 0 Å². The molecule has 6 heteroatoms. The summed E-state index contributed by atoms with van der Waals surface area (Å²) in [5.74, 6) is -0.238. The summed E-state index contributed by atoms with van der Waals surface area (Å²) in [6, 6.07) is 0. The smallest absolute Gasteiger partial charge is 0.151 e. The van der Waals surface area contributed by atoms with Crippen molar-refractivity contribution in [2.45, 2.75) is 39.5 Å². The molecule has 98 valence electrons. The molecule has 0 heterocycles. The zero-order valence-corrected chi connectivity index (χ0v) is 11.7. The molecule has 0 radical (unpaired) electrons. The molecular weight excluding hydrogens is 248 g/mol. The fourth-order valence-electron chi connectivity index (χ4n) is 1.19. The van der Waals surface area contributed by atoms with Crippen LogP contribution >= 0.6 is 0 Å². The van der Waals surface area contributed by atoms with E-state index in [-0.39, 0.29) is 23.0 Å². The maximum atomic E-state index is 11.4. The summed E-state index contributed by atoms with van der Waals surface area (Å²) in [5.41, 5.74) is 0. The van der Waals surface area contributed by atoms with Crippen LogP contribution in [-0.2, 0) is 19.7 Å². The molecule has 0 bridgehead atoms. The van der Waals surface area contributed by atoms with E-state index >= 15 is 0 Å². The van der Waals surface area contributed by atoms with Gasteiger partial charge in [-0.1, -0.05) is 26.7 Å². The van der Waals surface area contributed by atoms with E-state index in [1.807, 2.05) is 13.8 Å². The first-order chi connectivity index (χ1) is 7.33. The Kier molecular flexibility index (Phi) is 7.22. The van der Waals surface area contributed by atoms with Crippen LogP contribution in [0.15, 0.2) is 0 Å². The first kappa shape index (κ1) is 15.9. The van der Waals surface area contributed by atoms with Gasteiger partial charge in [-0.05, 0) is 12.8 Å². The summed E-state index contributed by atoms with van der Waals surface area (Å²) in [4.78, 5) is 0. The standard InChI is InChI=1S/C10H22O4S2/c1-3-5-7-15(11,12)9-10-16(13,14)8-6-4-2/h3-10H2,1-2H3. The molecule has 0 aromatic rings. The van der Waals surface area contributed by atoms with E-state index in [1.54, 1.807) is 0 Å². The van der Waals surface area contributed by atoms with Crippen molar-refractivity contribution in [1.82, 2.24) is 0 Å². The molecule has 0 aliphatic heterocycles. The van der Waals surface area contributed by atoms with Crippen molar-refractivity contribution in [3.05, 3.63) is 0 Å². The molecule has 0 fully saturated rings. The van der Waals surface area contributed by atoms with Crippen molar-refractivity contribution in [2.75, 3.05) is 23.0 Å². The predicted octanol–water partition coefficient (Wildman–Crippen LogP) is 1.42. The van der Waals surface area contributed by atoms with Gasteiger partial charge in [0.2, 0.25) is 0 Å². The van der Waals surface area contributed by atoms with Gasteiger partial charge in [0.05, 0.1) is 23.0 Å². The van der Waals surface area contributed by atoms with Crippen molar-refractivity contribution in [3.63, 3.8) is 0 Å². The zero-order valence-electron chi connectivity index (χ0n) is 10.1. The highest BCUT2D eigenvalue weighted by molar-refractivity contribution is 7.95. The normalized spacial score (nSPS) is 12.9.